The molecule has 0 saturated heterocycles. The van der Waals surface area contributed by atoms with Gasteiger partial charge in [0.05, 0.1) is 18.3 Å². The molecule has 2 aromatic carbocycles. The molecule has 0 aliphatic rings. The molecule has 3 aromatic rings. The molecule has 18 heavy (non-hydrogen) atoms. The number of fused-ring (bicyclic) bond motifs is 1. The van der Waals surface area contributed by atoms with Gasteiger partial charge < -0.3 is 0 Å². The summed E-state index contributed by atoms with van der Waals surface area (Å²) in [5.74, 6) is -0.254. The zero-order valence-corrected chi connectivity index (χ0v) is 10.2. The van der Waals surface area contributed by atoms with E-state index in [1.165, 1.54) is 12.1 Å². The van der Waals surface area contributed by atoms with Gasteiger partial charge in [-0.1, -0.05) is 23.7 Å². The Morgan fingerprint density at radius 3 is 2.89 bits per heavy atom. The number of rotatable bonds is 2. The Kier molecular flexibility index (Phi) is 2.76. The van der Waals surface area contributed by atoms with Crippen LogP contribution in [0.5, 0.6) is 0 Å². The standard InChI is InChI=1S/C14H10ClFN2/c15-12-3-1-2-10(6-12)9-18-14-7-13(16)5-4-11(14)8-17-18/h1-8H,9H2. The molecule has 0 radical (unpaired) electrons. The van der Waals surface area contributed by atoms with Crippen molar-refractivity contribution in [2.45, 2.75) is 6.54 Å². The van der Waals surface area contributed by atoms with E-state index in [0.29, 0.717) is 11.6 Å². The Morgan fingerprint density at radius 2 is 2.06 bits per heavy atom. The summed E-state index contributed by atoms with van der Waals surface area (Å²) in [4.78, 5) is 0. The lowest BCUT2D eigenvalue weighted by Gasteiger charge is -2.04. The van der Waals surface area contributed by atoms with E-state index in [1.807, 2.05) is 24.3 Å². The van der Waals surface area contributed by atoms with Crippen molar-refractivity contribution in [2.75, 3.05) is 0 Å². The van der Waals surface area contributed by atoms with Crippen LogP contribution in [0.2, 0.25) is 5.02 Å². The second-order valence-electron chi connectivity index (χ2n) is 4.14. The van der Waals surface area contributed by atoms with Crippen LogP contribution in [0.25, 0.3) is 10.9 Å². The quantitative estimate of drug-likeness (QED) is 0.684. The van der Waals surface area contributed by atoms with Crippen LogP contribution >= 0.6 is 11.6 Å². The van der Waals surface area contributed by atoms with E-state index in [2.05, 4.69) is 5.10 Å². The van der Waals surface area contributed by atoms with Crippen molar-refractivity contribution >= 4 is 22.5 Å². The van der Waals surface area contributed by atoms with Crippen molar-refractivity contribution in [3.8, 4) is 0 Å². The Morgan fingerprint density at radius 1 is 1.17 bits per heavy atom. The SMILES string of the molecule is Fc1ccc2cnn(Cc3cccc(Cl)c3)c2c1. The highest BCUT2D eigenvalue weighted by molar-refractivity contribution is 6.30. The summed E-state index contributed by atoms with van der Waals surface area (Å²) in [6.45, 7) is 0.577. The zero-order chi connectivity index (χ0) is 12.5. The number of nitrogens with zero attached hydrogens (tertiary/aromatic N) is 2. The Labute approximate surface area is 109 Å². The Bertz CT molecular complexity index is 706. The molecule has 0 N–H and O–H groups in total. The summed E-state index contributed by atoms with van der Waals surface area (Å²) in [5, 5.41) is 5.89. The third-order valence-electron chi connectivity index (χ3n) is 2.83. The topological polar surface area (TPSA) is 17.8 Å². The largest absolute Gasteiger partial charge is 0.260 e. The molecule has 0 saturated carbocycles. The maximum absolute atomic E-state index is 13.2. The van der Waals surface area contributed by atoms with Crippen LogP contribution < -0.4 is 0 Å². The van der Waals surface area contributed by atoms with Gasteiger partial charge in [0.15, 0.2) is 0 Å². The van der Waals surface area contributed by atoms with Gasteiger partial charge in [-0.3, -0.25) is 4.68 Å². The molecule has 1 aromatic heterocycles. The fourth-order valence-electron chi connectivity index (χ4n) is 1.98. The summed E-state index contributed by atoms with van der Waals surface area (Å²) >= 11 is 5.94. The molecule has 0 fully saturated rings. The van der Waals surface area contributed by atoms with Crippen molar-refractivity contribution in [1.82, 2.24) is 9.78 Å². The first-order chi connectivity index (χ1) is 8.72. The second kappa shape index (κ2) is 4.42. The third-order valence-corrected chi connectivity index (χ3v) is 3.06. The van der Waals surface area contributed by atoms with Gasteiger partial charge in [-0.15, -0.1) is 0 Å². The van der Waals surface area contributed by atoms with Crippen LogP contribution in [0.15, 0.2) is 48.7 Å². The molecule has 0 atom stereocenters. The molecule has 0 aliphatic heterocycles. The average Bonchev–Trinajstić information content (AvgIpc) is 2.72. The molecule has 90 valence electrons. The molecular weight excluding hydrogens is 251 g/mol. The molecule has 0 unspecified atom stereocenters. The average molecular weight is 261 g/mol. The van der Waals surface area contributed by atoms with Gasteiger partial charge in [0, 0.05) is 10.4 Å². The molecule has 4 heteroatoms. The lowest BCUT2D eigenvalue weighted by Crippen LogP contribution is -2.01. The van der Waals surface area contributed by atoms with E-state index >= 15 is 0 Å². The maximum Gasteiger partial charge on any atom is 0.125 e. The predicted molar refractivity (Wildman–Crippen MR) is 70.2 cm³/mol. The number of benzene rings is 2. The van der Waals surface area contributed by atoms with E-state index in [1.54, 1.807) is 16.9 Å². The van der Waals surface area contributed by atoms with Gasteiger partial charge in [-0.05, 0) is 35.9 Å². The molecule has 0 bridgehead atoms. The van der Waals surface area contributed by atoms with Gasteiger partial charge in [0.1, 0.15) is 5.82 Å². The summed E-state index contributed by atoms with van der Waals surface area (Å²) in [7, 11) is 0. The first-order valence-electron chi connectivity index (χ1n) is 5.58. The number of hydrogen-bond acceptors (Lipinski definition) is 1. The smallest absolute Gasteiger partial charge is 0.125 e. The van der Waals surface area contributed by atoms with E-state index in [0.717, 1.165) is 16.5 Å². The first kappa shape index (κ1) is 11.2. The van der Waals surface area contributed by atoms with Crippen molar-refractivity contribution < 1.29 is 4.39 Å². The highest BCUT2D eigenvalue weighted by Crippen LogP contribution is 2.17. The van der Waals surface area contributed by atoms with Crippen LogP contribution in [0.1, 0.15) is 5.56 Å². The van der Waals surface area contributed by atoms with Crippen molar-refractivity contribution in [3.05, 3.63) is 65.1 Å². The fraction of sp³-hybridized carbons (Fsp3) is 0.0714. The minimum Gasteiger partial charge on any atom is -0.260 e. The van der Waals surface area contributed by atoms with Crippen LogP contribution in [0.4, 0.5) is 4.39 Å². The van der Waals surface area contributed by atoms with Crippen LogP contribution in [0, 0.1) is 5.82 Å². The normalized spacial score (nSPS) is 11.0. The monoisotopic (exact) mass is 260 g/mol. The molecule has 3 rings (SSSR count). The summed E-state index contributed by atoms with van der Waals surface area (Å²) in [5.41, 5.74) is 1.83. The van der Waals surface area contributed by atoms with Crippen molar-refractivity contribution in [1.29, 1.82) is 0 Å². The van der Waals surface area contributed by atoms with Gasteiger partial charge in [0.2, 0.25) is 0 Å². The van der Waals surface area contributed by atoms with Gasteiger partial charge >= 0.3 is 0 Å². The first-order valence-corrected chi connectivity index (χ1v) is 5.96. The summed E-state index contributed by atoms with van der Waals surface area (Å²) in [6.07, 6.45) is 1.74. The van der Waals surface area contributed by atoms with E-state index in [4.69, 9.17) is 11.6 Å². The van der Waals surface area contributed by atoms with Gasteiger partial charge in [-0.25, -0.2) is 4.39 Å². The zero-order valence-electron chi connectivity index (χ0n) is 9.48. The van der Waals surface area contributed by atoms with Gasteiger partial charge in [-0.2, -0.15) is 5.10 Å². The molecule has 0 spiro atoms. The molecular formula is C14H10ClFN2. The predicted octanol–water partition coefficient (Wildman–Crippen LogP) is 3.88. The van der Waals surface area contributed by atoms with Gasteiger partial charge in [0.25, 0.3) is 0 Å². The third kappa shape index (κ3) is 2.09. The molecule has 1 heterocycles. The molecule has 0 aliphatic carbocycles. The lowest BCUT2D eigenvalue weighted by molar-refractivity contribution is 0.626. The second-order valence-corrected chi connectivity index (χ2v) is 4.57. The Hall–Kier alpha value is -1.87. The van der Waals surface area contributed by atoms with Crippen molar-refractivity contribution in [2.24, 2.45) is 0 Å². The minimum absolute atomic E-state index is 0.254. The van der Waals surface area contributed by atoms with Crippen LogP contribution in [-0.2, 0) is 6.54 Å². The summed E-state index contributed by atoms with van der Waals surface area (Å²) in [6, 6.07) is 12.2. The number of aromatic nitrogens is 2. The van der Waals surface area contributed by atoms with E-state index in [9.17, 15) is 4.39 Å². The van der Waals surface area contributed by atoms with Crippen molar-refractivity contribution in [3.63, 3.8) is 0 Å². The highest BCUT2D eigenvalue weighted by Gasteiger charge is 2.04. The maximum atomic E-state index is 13.2. The summed E-state index contributed by atoms with van der Waals surface area (Å²) < 4.78 is 15.0. The van der Waals surface area contributed by atoms with Crippen LogP contribution in [0.3, 0.4) is 0 Å². The minimum atomic E-state index is -0.254. The van der Waals surface area contributed by atoms with Crippen LogP contribution in [-0.4, -0.2) is 9.78 Å². The number of hydrogen-bond donors (Lipinski definition) is 0. The number of halogens is 2. The Balaban J connectivity index is 2.02. The van der Waals surface area contributed by atoms with E-state index < -0.39 is 0 Å². The molecule has 2 nitrogen and oxygen atoms in total. The fourth-order valence-corrected chi connectivity index (χ4v) is 2.19. The van der Waals surface area contributed by atoms with E-state index in [-0.39, 0.29) is 5.82 Å². The molecule has 0 amide bonds. The lowest BCUT2D eigenvalue weighted by atomic mass is 10.2. The highest BCUT2D eigenvalue weighted by atomic mass is 35.5.